The minimum Gasteiger partial charge on any atom is -0.386 e. The van der Waals surface area contributed by atoms with Crippen molar-refractivity contribution in [3.8, 4) is 0 Å². The first-order valence-corrected chi connectivity index (χ1v) is 13.6. The van der Waals surface area contributed by atoms with Crippen LogP contribution >= 0.6 is 11.3 Å². The van der Waals surface area contributed by atoms with Crippen LogP contribution in [0.3, 0.4) is 0 Å². The molecule has 5 rings (SSSR count). The fourth-order valence-electron chi connectivity index (χ4n) is 5.65. The van der Waals surface area contributed by atoms with E-state index in [2.05, 4.69) is 50.1 Å². The van der Waals surface area contributed by atoms with Gasteiger partial charge in [0.2, 0.25) is 0 Å². The highest BCUT2D eigenvalue weighted by atomic mass is 32.1. The van der Waals surface area contributed by atoms with Gasteiger partial charge >= 0.3 is 6.18 Å². The number of amides is 1. The summed E-state index contributed by atoms with van der Waals surface area (Å²) < 4.78 is 42.1. The Balaban J connectivity index is 1.29. The van der Waals surface area contributed by atoms with E-state index in [9.17, 15) is 18.0 Å². The SMILES string of the molecule is CCc1nc2sc(C(=O)NCCc3ccc(N4C[C@H]5CC[C@@H](C4)N5)cc3)c(NC)c2c(C(F)(F)F)c1C. The summed E-state index contributed by atoms with van der Waals surface area (Å²) in [5.74, 6) is -0.399. The molecule has 2 aliphatic heterocycles. The number of anilines is 2. The van der Waals surface area contributed by atoms with Crippen LogP contribution in [0.5, 0.6) is 0 Å². The van der Waals surface area contributed by atoms with Crippen LogP contribution in [0.25, 0.3) is 10.2 Å². The number of nitrogens with one attached hydrogen (secondary N) is 3. The topological polar surface area (TPSA) is 69.3 Å². The first-order valence-electron chi connectivity index (χ1n) is 12.8. The Morgan fingerprint density at radius 1 is 1.19 bits per heavy atom. The number of hydrogen-bond donors (Lipinski definition) is 3. The van der Waals surface area contributed by atoms with Crippen molar-refractivity contribution < 1.29 is 18.0 Å². The number of fused-ring (bicyclic) bond motifs is 3. The number of alkyl halides is 3. The molecular weight excluding hydrogens is 499 g/mol. The van der Waals surface area contributed by atoms with Crippen LogP contribution in [0.4, 0.5) is 24.5 Å². The molecule has 1 aromatic carbocycles. The van der Waals surface area contributed by atoms with Gasteiger partial charge in [0.1, 0.15) is 9.71 Å². The van der Waals surface area contributed by atoms with E-state index in [0.717, 1.165) is 30.0 Å². The molecule has 2 fully saturated rings. The molecule has 0 aliphatic carbocycles. The van der Waals surface area contributed by atoms with Gasteiger partial charge in [0.05, 0.1) is 11.3 Å². The number of hydrogen-bond acceptors (Lipinski definition) is 6. The van der Waals surface area contributed by atoms with Crippen LogP contribution < -0.4 is 20.9 Å². The van der Waals surface area contributed by atoms with Crippen molar-refractivity contribution in [3.63, 3.8) is 0 Å². The van der Waals surface area contributed by atoms with Crippen LogP contribution in [-0.4, -0.2) is 49.7 Å². The number of carbonyl (C=O) groups excluding carboxylic acids is 1. The Hall–Kier alpha value is -2.85. The second-order valence-electron chi connectivity index (χ2n) is 9.86. The number of nitrogens with zero attached hydrogens (tertiary/aromatic N) is 2. The van der Waals surface area contributed by atoms with Crippen LogP contribution in [-0.2, 0) is 19.0 Å². The molecule has 3 N–H and O–H groups in total. The number of thiophene rings is 1. The summed E-state index contributed by atoms with van der Waals surface area (Å²) in [6, 6.07) is 9.57. The third-order valence-corrected chi connectivity index (χ3v) is 8.56. The minimum absolute atomic E-state index is 0.0308. The molecule has 2 aliphatic rings. The van der Waals surface area contributed by atoms with Gasteiger partial charge in [0.25, 0.3) is 5.91 Å². The van der Waals surface area contributed by atoms with E-state index in [-0.39, 0.29) is 26.3 Å². The van der Waals surface area contributed by atoms with Gasteiger partial charge in [-0.05, 0) is 55.9 Å². The van der Waals surface area contributed by atoms with Gasteiger partial charge in [-0.1, -0.05) is 19.1 Å². The lowest BCUT2D eigenvalue weighted by Gasteiger charge is -2.34. The van der Waals surface area contributed by atoms with Crippen LogP contribution in [0, 0.1) is 6.92 Å². The molecule has 3 aromatic rings. The quantitative estimate of drug-likeness (QED) is 0.394. The van der Waals surface area contributed by atoms with E-state index >= 15 is 0 Å². The molecule has 198 valence electrons. The lowest BCUT2D eigenvalue weighted by atomic mass is 10.0. The maximum absolute atomic E-state index is 14.0. The predicted molar refractivity (Wildman–Crippen MR) is 143 cm³/mol. The highest BCUT2D eigenvalue weighted by Gasteiger charge is 2.38. The molecule has 1 amide bonds. The first-order chi connectivity index (χ1) is 17.7. The highest BCUT2D eigenvalue weighted by molar-refractivity contribution is 7.21. The number of halogens is 3. The average molecular weight is 532 g/mol. The van der Waals surface area contributed by atoms with Crippen molar-refractivity contribution in [2.24, 2.45) is 0 Å². The molecule has 2 aromatic heterocycles. The van der Waals surface area contributed by atoms with Crippen LogP contribution in [0.15, 0.2) is 24.3 Å². The smallest absolute Gasteiger partial charge is 0.386 e. The molecule has 10 heteroatoms. The van der Waals surface area contributed by atoms with E-state index in [1.165, 1.54) is 32.5 Å². The lowest BCUT2D eigenvalue weighted by Crippen LogP contribution is -2.51. The van der Waals surface area contributed by atoms with Crippen LogP contribution in [0.1, 0.15) is 51.8 Å². The molecule has 2 saturated heterocycles. The van der Waals surface area contributed by atoms with E-state index in [1.807, 2.05) is 0 Å². The van der Waals surface area contributed by atoms with Crippen LogP contribution in [0.2, 0.25) is 0 Å². The summed E-state index contributed by atoms with van der Waals surface area (Å²) in [5.41, 5.74) is 2.28. The van der Waals surface area contributed by atoms with Gasteiger partial charge in [0.15, 0.2) is 0 Å². The van der Waals surface area contributed by atoms with Crippen molar-refractivity contribution in [3.05, 3.63) is 51.5 Å². The summed E-state index contributed by atoms with van der Waals surface area (Å²) in [7, 11) is 1.53. The minimum atomic E-state index is -4.55. The standard InChI is InChI=1S/C27H32F3N5OS/c1-4-20-15(2)22(27(28,29)30)21-23(31-3)24(37-26(21)34-20)25(36)32-12-11-16-5-9-19(10-6-16)35-13-17-7-8-18(14-35)33-17/h5-6,9-10,17-18,31,33H,4,7-8,11-14H2,1-3H3,(H,32,36)/t17-,18+. The number of benzene rings is 1. The largest absolute Gasteiger partial charge is 0.417 e. The van der Waals surface area contributed by atoms with Crippen molar-refractivity contribution in [2.75, 3.05) is 36.9 Å². The first kappa shape index (κ1) is 25.8. The summed E-state index contributed by atoms with van der Waals surface area (Å²) in [6.45, 7) is 5.66. The summed E-state index contributed by atoms with van der Waals surface area (Å²) >= 11 is 0.998. The maximum atomic E-state index is 14.0. The number of pyridine rings is 1. The van der Waals surface area contributed by atoms with Gasteiger partial charge in [-0.3, -0.25) is 4.79 Å². The molecule has 6 nitrogen and oxygen atoms in total. The Morgan fingerprint density at radius 3 is 2.46 bits per heavy atom. The number of rotatable bonds is 7. The zero-order valence-corrected chi connectivity index (χ0v) is 22.1. The third kappa shape index (κ3) is 5.01. The van der Waals surface area contributed by atoms with Crippen molar-refractivity contribution in [1.29, 1.82) is 0 Å². The van der Waals surface area contributed by atoms with Crippen molar-refractivity contribution in [2.45, 2.75) is 57.8 Å². The number of aryl methyl sites for hydroxylation is 1. The predicted octanol–water partition coefficient (Wildman–Crippen LogP) is 5.14. The molecule has 0 saturated carbocycles. The number of aromatic nitrogens is 1. The molecule has 2 atom stereocenters. The molecule has 0 spiro atoms. The Labute approximate surface area is 218 Å². The summed E-state index contributed by atoms with van der Waals surface area (Å²) in [4.78, 5) is 20.4. The highest BCUT2D eigenvalue weighted by Crippen LogP contribution is 2.45. The normalized spacial score (nSPS) is 19.5. The second-order valence-corrected chi connectivity index (χ2v) is 10.9. The Bertz CT molecular complexity index is 1290. The van der Waals surface area contributed by atoms with Gasteiger partial charge in [-0.2, -0.15) is 13.2 Å². The zero-order chi connectivity index (χ0) is 26.3. The molecule has 0 radical (unpaired) electrons. The zero-order valence-electron chi connectivity index (χ0n) is 21.3. The summed E-state index contributed by atoms with van der Waals surface area (Å²) in [5, 5.41) is 9.33. The molecule has 37 heavy (non-hydrogen) atoms. The molecule has 2 bridgehead atoms. The lowest BCUT2D eigenvalue weighted by molar-refractivity contribution is -0.136. The van der Waals surface area contributed by atoms with Crippen molar-refractivity contribution in [1.82, 2.24) is 15.6 Å². The summed E-state index contributed by atoms with van der Waals surface area (Å²) in [6.07, 6.45) is -1.06. The van der Waals surface area contributed by atoms with Gasteiger partial charge in [-0.25, -0.2) is 4.98 Å². The van der Waals surface area contributed by atoms with E-state index in [4.69, 9.17) is 0 Å². The Kier molecular flexibility index (Phi) is 7.06. The van der Waals surface area contributed by atoms with Gasteiger partial charge < -0.3 is 20.9 Å². The third-order valence-electron chi connectivity index (χ3n) is 7.48. The van der Waals surface area contributed by atoms with Crippen molar-refractivity contribution >= 4 is 38.8 Å². The number of piperazine rings is 1. The average Bonchev–Trinajstić information content (AvgIpc) is 3.41. The Morgan fingerprint density at radius 2 is 1.86 bits per heavy atom. The number of carbonyl (C=O) groups is 1. The molecule has 4 heterocycles. The van der Waals surface area contributed by atoms with E-state index in [0.29, 0.717) is 37.2 Å². The maximum Gasteiger partial charge on any atom is 0.417 e. The van der Waals surface area contributed by atoms with E-state index < -0.39 is 17.6 Å². The van der Waals surface area contributed by atoms with Gasteiger partial charge in [0, 0.05) is 55.5 Å². The molecule has 0 unspecified atom stereocenters. The second kappa shape index (κ2) is 10.1. The fourth-order valence-corrected chi connectivity index (χ4v) is 6.77. The monoisotopic (exact) mass is 531 g/mol. The van der Waals surface area contributed by atoms with E-state index in [1.54, 1.807) is 6.92 Å². The molecular formula is C27H32F3N5OS. The van der Waals surface area contributed by atoms with Gasteiger partial charge in [-0.15, -0.1) is 11.3 Å². The fraction of sp³-hybridized carbons (Fsp3) is 0.481.